The molecule has 106 valence electrons. The van der Waals surface area contributed by atoms with Gasteiger partial charge in [-0.2, -0.15) is 0 Å². The number of carbonyl (C=O) groups excluding carboxylic acids is 1. The summed E-state index contributed by atoms with van der Waals surface area (Å²) in [4.78, 5) is 11.7. The second kappa shape index (κ2) is 7.89. The number of hydrogen-bond acceptors (Lipinski definition) is 5. The van der Waals surface area contributed by atoms with Crippen LogP contribution < -0.4 is 5.32 Å². The molecular formula is C14H21NO4. The van der Waals surface area contributed by atoms with Gasteiger partial charge in [-0.3, -0.25) is 0 Å². The first kappa shape index (κ1) is 15.6. The van der Waals surface area contributed by atoms with Crippen LogP contribution in [0.15, 0.2) is 24.3 Å². The zero-order chi connectivity index (χ0) is 14.3. The van der Waals surface area contributed by atoms with Crippen LogP contribution in [-0.4, -0.2) is 41.5 Å². The van der Waals surface area contributed by atoms with E-state index in [1.165, 1.54) is 0 Å². The van der Waals surface area contributed by atoms with Gasteiger partial charge in [0, 0.05) is 12.6 Å². The van der Waals surface area contributed by atoms with Crippen molar-refractivity contribution in [2.45, 2.75) is 32.6 Å². The van der Waals surface area contributed by atoms with Gasteiger partial charge in [-0.05, 0) is 17.7 Å². The van der Waals surface area contributed by atoms with Crippen LogP contribution in [0.4, 0.5) is 0 Å². The Balaban J connectivity index is 2.37. The van der Waals surface area contributed by atoms with Crippen LogP contribution in [-0.2, 0) is 11.3 Å². The lowest BCUT2D eigenvalue weighted by Gasteiger charge is -2.14. The molecule has 0 bridgehead atoms. The molecule has 1 aromatic carbocycles. The van der Waals surface area contributed by atoms with Gasteiger partial charge in [0.05, 0.1) is 12.2 Å². The number of nitrogens with one attached hydrogen (secondary N) is 1. The van der Waals surface area contributed by atoms with Crippen molar-refractivity contribution < 1.29 is 19.7 Å². The zero-order valence-electron chi connectivity index (χ0n) is 11.3. The summed E-state index contributed by atoms with van der Waals surface area (Å²) in [5.41, 5.74) is 1.14. The summed E-state index contributed by atoms with van der Waals surface area (Å²) in [6, 6.07) is 6.77. The van der Waals surface area contributed by atoms with E-state index in [-0.39, 0.29) is 19.3 Å². The highest BCUT2D eigenvalue weighted by atomic mass is 16.5. The molecule has 5 nitrogen and oxygen atoms in total. The number of hydrogen-bond donors (Lipinski definition) is 3. The summed E-state index contributed by atoms with van der Waals surface area (Å²) in [5, 5.41) is 21.5. The van der Waals surface area contributed by atoms with Crippen molar-refractivity contribution in [1.82, 2.24) is 5.32 Å². The van der Waals surface area contributed by atoms with Crippen molar-refractivity contribution >= 4 is 5.97 Å². The Labute approximate surface area is 113 Å². The lowest BCUT2D eigenvalue weighted by molar-refractivity contribution is 0.0256. The van der Waals surface area contributed by atoms with E-state index < -0.39 is 12.1 Å². The third kappa shape index (κ3) is 5.83. The second-order valence-electron chi connectivity index (χ2n) is 4.67. The predicted octanol–water partition coefficient (Wildman–Crippen LogP) is 0.695. The first-order valence-electron chi connectivity index (χ1n) is 6.31. The summed E-state index contributed by atoms with van der Waals surface area (Å²) < 4.78 is 5.00. The Morgan fingerprint density at radius 3 is 2.47 bits per heavy atom. The fraction of sp³-hybridized carbons (Fsp3) is 0.500. The maximum Gasteiger partial charge on any atom is 0.338 e. The molecule has 0 unspecified atom stereocenters. The number of benzene rings is 1. The minimum absolute atomic E-state index is 0.0414. The van der Waals surface area contributed by atoms with Crippen LogP contribution >= 0.6 is 0 Å². The smallest absolute Gasteiger partial charge is 0.338 e. The molecule has 1 rings (SSSR count). The van der Waals surface area contributed by atoms with E-state index in [1.807, 2.05) is 13.8 Å². The van der Waals surface area contributed by atoms with Gasteiger partial charge >= 0.3 is 5.97 Å². The molecule has 0 aliphatic carbocycles. The average molecular weight is 267 g/mol. The number of rotatable bonds is 7. The molecule has 0 amide bonds. The Hall–Kier alpha value is -1.43. The molecule has 0 fully saturated rings. The van der Waals surface area contributed by atoms with Crippen LogP contribution in [0.25, 0.3) is 0 Å². The summed E-state index contributed by atoms with van der Waals surface area (Å²) in [7, 11) is 0. The number of ether oxygens (including phenoxy) is 1. The topological polar surface area (TPSA) is 78.8 Å². The van der Waals surface area contributed by atoms with Gasteiger partial charge in [-0.1, -0.05) is 26.0 Å². The fourth-order valence-corrected chi connectivity index (χ4v) is 1.43. The molecule has 0 spiro atoms. The lowest BCUT2D eigenvalue weighted by Crippen LogP contribution is -2.35. The van der Waals surface area contributed by atoms with Gasteiger partial charge in [-0.15, -0.1) is 0 Å². The van der Waals surface area contributed by atoms with E-state index in [0.29, 0.717) is 12.1 Å². The standard InChI is InChI=1S/C14H21NO4/c1-10(2)15-7-13(17)9-19-14(18)12-5-3-11(8-16)4-6-12/h3-6,10,13,15-17H,7-9H2,1-2H3/t13-/m0/s1. The van der Waals surface area contributed by atoms with Gasteiger partial charge in [0.1, 0.15) is 12.7 Å². The minimum Gasteiger partial charge on any atom is -0.459 e. The summed E-state index contributed by atoms with van der Waals surface area (Å²) in [5.74, 6) is -0.479. The normalized spacial score (nSPS) is 12.5. The van der Waals surface area contributed by atoms with Crippen LogP contribution in [0.1, 0.15) is 29.8 Å². The van der Waals surface area contributed by atoms with Crippen molar-refractivity contribution in [2.24, 2.45) is 0 Å². The molecule has 1 atom stereocenters. The molecule has 0 aromatic heterocycles. The molecule has 19 heavy (non-hydrogen) atoms. The highest BCUT2D eigenvalue weighted by molar-refractivity contribution is 5.89. The third-order valence-corrected chi connectivity index (χ3v) is 2.54. The maximum atomic E-state index is 11.7. The average Bonchev–Trinajstić information content (AvgIpc) is 2.42. The van der Waals surface area contributed by atoms with Gasteiger partial charge in [0.15, 0.2) is 0 Å². The van der Waals surface area contributed by atoms with Crippen molar-refractivity contribution in [1.29, 1.82) is 0 Å². The lowest BCUT2D eigenvalue weighted by atomic mass is 10.1. The molecule has 0 saturated heterocycles. The van der Waals surface area contributed by atoms with Gasteiger partial charge in [0.25, 0.3) is 0 Å². The monoisotopic (exact) mass is 267 g/mol. The van der Waals surface area contributed by atoms with Crippen LogP contribution in [0, 0.1) is 0 Å². The molecule has 0 aliphatic heterocycles. The van der Waals surface area contributed by atoms with E-state index in [0.717, 1.165) is 5.56 Å². The molecule has 0 saturated carbocycles. The second-order valence-corrected chi connectivity index (χ2v) is 4.67. The van der Waals surface area contributed by atoms with Crippen molar-refractivity contribution in [3.8, 4) is 0 Å². The highest BCUT2D eigenvalue weighted by Crippen LogP contribution is 2.06. The van der Waals surface area contributed by atoms with Crippen LogP contribution in [0.2, 0.25) is 0 Å². The fourth-order valence-electron chi connectivity index (χ4n) is 1.43. The SMILES string of the molecule is CC(C)NC[C@H](O)COC(=O)c1ccc(CO)cc1. The summed E-state index contributed by atoms with van der Waals surface area (Å²) >= 11 is 0. The first-order chi connectivity index (χ1) is 9.02. The molecule has 5 heteroatoms. The van der Waals surface area contributed by atoms with Gasteiger partial charge < -0.3 is 20.3 Å². The van der Waals surface area contributed by atoms with Gasteiger partial charge in [0.2, 0.25) is 0 Å². The molecular weight excluding hydrogens is 246 g/mol. The molecule has 0 aliphatic rings. The Kier molecular flexibility index (Phi) is 6.49. The highest BCUT2D eigenvalue weighted by Gasteiger charge is 2.11. The molecule has 0 radical (unpaired) electrons. The molecule has 0 heterocycles. The predicted molar refractivity (Wildman–Crippen MR) is 71.8 cm³/mol. The van der Waals surface area contributed by atoms with E-state index in [4.69, 9.17) is 9.84 Å². The number of aliphatic hydroxyl groups excluding tert-OH is 2. The molecule has 1 aromatic rings. The first-order valence-corrected chi connectivity index (χ1v) is 6.31. The van der Waals surface area contributed by atoms with E-state index in [2.05, 4.69) is 5.32 Å². The Bertz CT molecular complexity index is 389. The van der Waals surface area contributed by atoms with Crippen LogP contribution in [0.5, 0.6) is 0 Å². The molecule has 3 N–H and O–H groups in total. The van der Waals surface area contributed by atoms with Crippen molar-refractivity contribution in [3.63, 3.8) is 0 Å². The Morgan fingerprint density at radius 1 is 1.32 bits per heavy atom. The maximum absolute atomic E-state index is 11.7. The van der Waals surface area contributed by atoms with E-state index in [9.17, 15) is 9.90 Å². The summed E-state index contributed by atoms with van der Waals surface area (Å²) in [6.07, 6.45) is -0.719. The largest absolute Gasteiger partial charge is 0.459 e. The summed E-state index contributed by atoms with van der Waals surface area (Å²) in [6.45, 7) is 4.23. The number of carbonyl (C=O) groups is 1. The Morgan fingerprint density at radius 2 is 1.95 bits per heavy atom. The third-order valence-electron chi connectivity index (χ3n) is 2.54. The van der Waals surface area contributed by atoms with E-state index >= 15 is 0 Å². The van der Waals surface area contributed by atoms with E-state index in [1.54, 1.807) is 24.3 Å². The van der Waals surface area contributed by atoms with Gasteiger partial charge in [-0.25, -0.2) is 4.79 Å². The van der Waals surface area contributed by atoms with Crippen LogP contribution in [0.3, 0.4) is 0 Å². The number of aliphatic hydroxyl groups is 2. The zero-order valence-corrected chi connectivity index (χ0v) is 11.3. The minimum atomic E-state index is -0.719. The quantitative estimate of drug-likeness (QED) is 0.634. The van der Waals surface area contributed by atoms with Crippen molar-refractivity contribution in [3.05, 3.63) is 35.4 Å². The van der Waals surface area contributed by atoms with Crippen molar-refractivity contribution in [2.75, 3.05) is 13.2 Å². The number of esters is 1.